The summed E-state index contributed by atoms with van der Waals surface area (Å²) in [6, 6.07) is 12.5. The van der Waals surface area contributed by atoms with Crippen LogP contribution >= 0.6 is 15.9 Å². The zero-order valence-electron chi connectivity index (χ0n) is 11.7. The van der Waals surface area contributed by atoms with Gasteiger partial charge in [-0.25, -0.2) is 0 Å². The molecule has 0 saturated carbocycles. The SMILES string of the molecule is COc1ccc2c(c1)O[C@H](c1ccc(Br)cc1)C([N+](=O)[O-])=C2. The van der Waals surface area contributed by atoms with Gasteiger partial charge in [-0.15, -0.1) is 0 Å². The normalized spacial score (nSPS) is 16.3. The molecule has 22 heavy (non-hydrogen) atoms. The molecule has 6 heteroatoms. The van der Waals surface area contributed by atoms with E-state index in [9.17, 15) is 10.1 Å². The molecule has 0 N–H and O–H groups in total. The van der Waals surface area contributed by atoms with Crippen LogP contribution in [-0.2, 0) is 0 Å². The lowest BCUT2D eigenvalue weighted by Crippen LogP contribution is -2.19. The third kappa shape index (κ3) is 2.69. The maximum absolute atomic E-state index is 11.4. The van der Waals surface area contributed by atoms with E-state index in [2.05, 4.69) is 15.9 Å². The van der Waals surface area contributed by atoms with Crippen LogP contribution in [0.4, 0.5) is 0 Å². The van der Waals surface area contributed by atoms with Crippen LogP contribution in [0.25, 0.3) is 6.08 Å². The minimum atomic E-state index is -0.747. The Balaban J connectivity index is 2.07. The second-order valence-corrected chi connectivity index (χ2v) is 5.70. The summed E-state index contributed by atoms with van der Waals surface area (Å²) in [4.78, 5) is 11.0. The number of hydrogen-bond donors (Lipinski definition) is 0. The molecule has 2 aromatic carbocycles. The van der Waals surface area contributed by atoms with E-state index in [1.165, 1.54) is 0 Å². The molecule has 0 saturated heterocycles. The van der Waals surface area contributed by atoms with Gasteiger partial charge in [0, 0.05) is 27.7 Å². The van der Waals surface area contributed by atoms with Gasteiger partial charge in [-0.1, -0.05) is 28.1 Å². The predicted molar refractivity (Wildman–Crippen MR) is 85.5 cm³/mol. The zero-order chi connectivity index (χ0) is 15.7. The Kier molecular flexibility index (Phi) is 3.85. The van der Waals surface area contributed by atoms with E-state index in [4.69, 9.17) is 9.47 Å². The lowest BCUT2D eigenvalue weighted by atomic mass is 10.0. The first-order chi connectivity index (χ1) is 10.6. The number of hydrogen-bond acceptors (Lipinski definition) is 4. The van der Waals surface area contributed by atoms with E-state index in [0.29, 0.717) is 17.1 Å². The van der Waals surface area contributed by atoms with Gasteiger partial charge in [0.05, 0.1) is 12.0 Å². The summed E-state index contributed by atoms with van der Waals surface area (Å²) >= 11 is 3.35. The molecule has 5 nitrogen and oxygen atoms in total. The van der Waals surface area contributed by atoms with Crippen LogP contribution in [0.2, 0.25) is 0 Å². The number of halogens is 1. The highest BCUT2D eigenvalue weighted by Gasteiger charge is 2.33. The molecule has 0 radical (unpaired) electrons. The van der Waals surface area contributed by atoms with Crippen molar-refractivity contribution in [2.75, 3.05) is 7.11 Å². The van der Waals surface area contributed by atoms with Crippen molar-refractivity contribution >= 4 is 22.0 Å². The topological polar surface area (TPSA) is 61.6 Å². The number of nitrogens with zero attached hydrogens (tertiary/aromatic N) is 1. The molecule has 0 bridgehead atoms. The van der Waals surface area contributed by atoms with E-state index < -0.39 is 11.0 Å². The minimum absolute atomic E-state index is 0.0139. The maximum atomic E-state index is 11.4. The third-order valence-electron chi connectivity index (χ3n) is 3.42. The van der Waals surface area contributed by atoms with Crippen molar-refractivity contribution in [3.05, 3.63) is 73.9 Å². The van der Waals surface area contributed by atoms with Gasteiger partial charge in [0.25, 0.3) is 5.70 Å². The first kappa shape index (κ1) is 14.6. The molecule has 2 aromatic rings. The molecule has 0 fully saturated rings. The Morgan fingerprint density at radius 3 is 2.59 bits per heavy atom. The van der Waals surface area contributed by atoms with Crippen LogP contribution in [0.3, 0.4) is 0 Å². The number of rotatable bonds is 3. The van der Waals surface area contributed by atoms with E-state index >= 15 is 0 Å². The van der Waals surface area contributed by atoms with Gasteiger partial charge in [-0.3, -0.25) is 10.1 Å². The van der Waals surface area contributed by atoms with Gasteiger partial charge in [0.2, 0.25) is 6.10 Å². The van der Waals surface area contributed by atoms with Crippen LogP contribution < -0.4 is 9.47 Å². The largest absolute Gasteiger partial charge is 0.497 e. The Hall–Kier alpha value is -2.34. The van der Waals surface area contributed by atoms with Crippen LogP contribution in [0.5, 0.6) is 11.5 Å². The van der Waals surface area contributed by atoms with Crippen molar-refractivity contribution in [1.29, 1.82) is 0 Å². The van der Waals surface area contributed by atoms with Gasteiger partial charge in [0.1, 0.15) is 11.5 Å². The summed E-state index contributed by atoms with van der Waals surface area (Å²) < 4.78 is 11.9. The molecule has 0 aliphatic carbocycles. The lowest BCUT2D eigenvalue weighted by Gasteiger charge is -2.23. The number of fused-ring (bicyclic) bond motifs is 1. The van der Waals surface area contributed by atoms with E-state index in [-0.39, 0.29) is 5.70 Å². The first-order valence-electron chi connectivity index (χ1n) is 6.54. The van der Waals surface area contributed by atoms with Crippen LogP contribution in [0.15, 0.2) is 52.6 Å². The monoisotopic (exact) mass is 361 g/mol. The van der Waals surface area contributed by atoms with Crippen molar-refractivity contribution in [3.63, 3.8) is 0 Å². The van der Waals surface area contributed by atoms with E-state index in [1.54, 1.807) is 43.5 Å². The average Bonchev–Trinajstić information content (AvgIpc) is 2.53. The molecular formula is C16H12BrNO4. The van der Waals surface area contributed by atoms with Gasteiger partial charge < -0.3 is 9.47 Å². The summed E-state index contributed by atoms with van der Waals surface area (Å²) in [5.41, 5.74) is 1.40. The fourth-order valence-electron chi connectivity index (χ4n) is 2.31. The molecule has 1 heterocycles. The van der Waals surface area contributed by atoms with Crippen LogP contribution in [0.1, 0.15) is 17.2 Å². The van der Waals surface area contributed by atoms with Gasteiger partial charge in [0.15, 0.2) is 0 Å². The predicted octanol–water partition coefficient (Wildman–Crippen LogP) is 4.21. The zero-order valence-corrected chi connectivity index (χ0v) is 13.2. The Morgan fingerprint density at radius 1 is 1.23 bits per heavy atom. The first-order valence-corrected chi connectivity index (χ1v) is 7.34. The fourth-order valence-corrected chi connectivity index (χ4v) is 2.57. The van der Waals surface area contributed by atoms with Crippen molar-refractivity contribution < 1.29 is 14.4 Å². The lowest BCUT2D eigenvalue weighted by molar-refractivity contribution is -0.434. The molecule has 1 atom stereocenters. The Morgan fingerprint density at radius 2 is 1.95 bits per heavy atom. The highest BCUT2D eigenvalue weighted by molar-refractivity contribution is 9.10. The summed E-state index contributed by atoms with van der Waals surface area (Å²) in [7, 11) is 1.56. The fraction of sp³-hybridized carbons (Fsp3) is 0.125. The Bertz CT molecular complexity index is 755. The standard InChI is InChI=1S/C16H12BrNO4/c1-21-13-7-4-11-8-14(18(19)20)16(22-15(11)9-13)10-2-5-12(17)6-3-10/h2-9,16H,1H3/t16-/m1/s1. The molecule has 0 unspecified atom stereocenters. The molecule has 3 rings (SSSR count). The summed E-state index contributed by atoms with van der Waals surface area (Å²) in [5.74, 6) is 1.21. The van der Waals surface area contributed by atoms with Crippen molar-refractivity contribution in [2.24, 2.45) is 0 Å². The summed E-state index contributed by atoms with van der Waals surface area (Å²) in [6.07, 6.45) is 0.799. The van der Waals surface area contributed by atoms with Crippen LogP contribution in [-0.4, -0.2) is 12.0 Å². The van der Waals surface area contributed by atoms with Gasteiger partial charge in [-0.05, 0) is 24.3 Å². The average molecular weight is 362 g/mol. The summed E-state index contributed by atoms with van der Waals surface area (Å²) in [6.45, 7) is 0. The highest BCUT2D eigenvalue weighted by atomic mass is 79.9. The molecular weight excluding hydrogens is 350 g/mol. The molecule has 0 aromatic heterocycles. The van der Waals surface area contributed by atoms with Gasteiger partial charge in [-0.2, -0.15) is 0 Å². The highest BCUT2D eigenvalue weighted by Crippen LogP contribution is 2.39. The maximum Gasteiger partial charge on any atom is 0.291 e. The van der Waals surface area contributed by atoms with Crippen molar-refractivity contribution in [2.45, 2.75) is 6.10 Å². The molecule has 1 aliphatic heterocycles. The Labute approximate surface area is 135 Å². The molecule has 1 aliphatic rings. The molecule has 112 valence electrons. The van der Waals surface area contributed by atoms with Gasteiger partial charge >= 0.3 is 0 Å². The number of benzene rings is 2. The smallest absolute Gasteiger partial charge is 0.291 e. The minimum Gasteiger partial charge on any atom is -0.497 e. The van der Waals surface area contributed by atoms with E-state index in [0.717, 1.165) is 10.0 Å². The van der Waals surface area contributed by atoms with Crippen LogP contribution in [0, 0.1) is 10.1 Å². The van der Waals surface area contributed by atoms with E-state index in [1.807, 2.05) is 12.1 Å². The number of ether oxygens (including phenoxy) is 2. The molecule has 0 spiro atoms. The van der Waals surface area contributed by atoms with Crippen molar-refractivity contribution in [3.8, 4) is 11.5 Å². The second-order valence-electron chi connectivity index (χ2n) is 4.78. The molecule has 0 amide bonds. The van der Waals surface area contributed by atoms with Crippen molar-refractivity contribution in [1.82, 2.24) is 0 Å². The quantitative estimate of drug-likeness (QED) is 0.606. The third-order valence-corrected chi connectivity index (χ3v) is 3.95. The number of nitro groups is 1. The summed E-state index contributed by atoms with van der Waals surface area (Å²) in [5, 5.41) is 11.4. The number of methoxy groups -OCH3 is 1. The second kappa shape index (κ2) is 5.81.